The monoisotopic (exact) mass is 403 g/mol. The highest BCUT2D eigenvalue weighted by molar-refractivity contribution is 9.10. The molecule has 132 valence electrons. The highest BCUT2D eigenvalue weighted by Crippen LogP contribution is 2.20. The maximum atomic E-state index is 12.8. The lowest BCUT2D eigenvalue weighted by Crippen LogP contribution is -2.31. The molecule has 1 fully saturated rings. The van der Waals surface area contributed by atoms with Crippen molar-refractivity contribution in [2.45, 2.75) is 13.3 Å². The molecule has 7 heteroatoms. The van der Waals surface area contributed by atoms with Crippen molar-refractivity contribution >= 4 is 33.3 Å². The van der Waals surface area contributed by atoms with Crippen LogP contribution in [0.3, 0.4) is 0 Å². The van der Waals surface area contributed by atoms with Crippen LogP contribution in [0.25, 0.3) is 0 Å². The zero-order chi connectivity index (χ0) is 17.8. The summed E-state index contributed by atoms with van der Waals surface area (Å²) in [5.74, 6) is 0.845. The molecule has 0 spiro atoms. The third-order valence-electron chi connectivity index (χ3n) is 4.46. The minimum absolute atomic E-state index is 0.210. The number of carbonyl (C=O) groups excluding carboxylic acids is 1. The highest BCUT2D eigenvalue weighted by atomic mass is 79.9. The zero-order valence-electron chi connectivity index (χ0n) is 14.3. The fourth-order valence-corrected chi connectivity index (χ4v) is 3.34. The third kappa shape index (κ3) is 4.16. The lowest BCUT2D eigenvalue weighted by Gasteiger charge is -2.22. The number of hydrogen-bond acceptors (Lipinski definition) is 6. The van der Waals surface area contributed by atoms with E-state index in [0.717, 1.165) is 45.0 Å². The number of ketones is 1. The molecule has 0 unspecified atom stereocenters. The van der Waals surface area contributed by atoms with Gasteiger partial charge in [-0.2, -0.15) is 0 Å². The molecule has 0 aliphatic carbocycles. The molecule has 2 aromatic heterocycles. The molecule has 0 atom stereocenters. The Morgan fingerprint density at radius 3 is 2.92 bits per heavy atom. The Labute approximate surface area is 156 Å². The third-order valence-corrected chi connectivity index (χ3v) is 4.89. The van der Waals surface area contributed by atoms with E-state index in [1.54, 1.807) is 18.3 Å². The summed E-state index contributed by atoms with van der Waals surface area (Å²) >= 11 is 3.33. The first kappa shape index (κ1) is 17.8. The second-order valence-electron chi connectivity index (χ2n) is 6.07. The van der Waals surface area contributed by atoms with Crippen LogP contribution in [-0.4, -0.2) is 53.4 Å². The summed E-state index contributed by atoms with van der Waals surface area (Å²) in [5, 5.41) is 0. The summed E-state index contributed by atoms with van der Waals surface area (Å²) in [6.45, 7) is 7.23. The van der Waals surface area contributed by atoms with Crippen LogP contribution in [0.2, 0.25) is 0 Å². The van der Waals surface area contributed by atoms with Crippen LogP contribution in [-0.2, 0) is 0 Å². The molecule has 0 radical (unpaired) electrons. The number of likely N-dealkylation sites (N-methyl/N-ethyl adjacent to an activating group) is 1. The number of rotatable bonds is 4. The van der Waals surface area contributed by atoms with Crippen LogP contribution in [0.5, 0.6) is 0 Å². The number of carbonyl (C=O) groups is 1. The first-order valence-corrected chi connectivity index (χ1v) is 9.28. The van der Waals surface area contributed by atoms with E-state index in [9.17, 15) is 4.79 Å². The highest BCUT2D eigenvalue weighted by Gasteiger charge is 2.19. The van der Waals surface area contributed by atoms with Crippen molar-refractivity contribution in [3.8, 4) is 0 Å². The van der Waals surface area contributed by atoms with Crippen LogP contribution >= 0.6 is 15.9 Å². The van der Waals surface area contributed by atoms with Crippen molar-refractivity contribution in [3.63, 3.8) is 0 Å². The predicted molar refractivity (Wildman–Crippen MR) is 103 cm³/mol. The van der Waals surface area contributed by atoms with Crippen LogP contribution in [0.4, 0.5) is 11.6 Å². The van der Waals surface area contributed by atoms with Gasteiger partial charge in [0.05, 0.1) is 5.56 Å². The van der Waals surface area contributed by atoms with Crippen molar-refractivity contribution in [2.75, 3.05) is 43.4 Å². The summed E-state index contributed by atoms with van der Waals surface area (Å²) in [5.41, 5.74) is 6.62. The van der Waals surface area contributed by atoms with Gasteiger partial charge in [0.25, 0.3) is 0 Å². The van der Waals surface area contributed by atoms with E-state index in [2.05, 4.69) is 42.6 Å². The standard InChI is InChI=1S/C18H22BrN5O/c1-2-23-7-4-8-24(10-9-23)16-6-3-5-15(22-16)17(25)14-11-13(19)12-21-18(14)20/h3,5-6,11-12H,2,4,7-10H2,1H3,(H2,20,21). The number of anilines is 2. The summed E-state index contributed by atoms with van der Waals surface area (Å²) in [4.78, 5) is 26.1. The van der Waals surface area contributed by atoms with E-state index >= 15 is 0 Å². The lowest BCUT2D eigenvalue weighted by molar-refractivity contribution is 0.103. The van der Waals surface area contributed by atoms with Crippen LogP contribution in [0.1, 0.15) is 29.4 Å². The second-order valence-corrected chi connectivity index (χ2v) is 6.99. The van der Waals surface area contributed by atoms with Gasteiger partial charge in [0.1, 0.15) is 17.3 Å². The van der Waals surface area contributed by atoms with E-state index in [1.807, 2.05) is 12.1 Å². The Morgan fingerprint density at radius 1 is 1.28 bits per heavy atom. The predicted octanol–water partition coefficient (Wildman–Crippen LogP) is 2.58. The Hall–Kier alpha value is -1.99. The van der Waals surface area contributed by atoms with Gasteiger partial charge in [0.15, 0.2) is 0 Å². The molecular formula is C18H22BrN5O. The Balaban J connectivity index is 1.84. The molecular weight excluding hydrogens is 382 g/mol. The van der Waals surface area contributed by atoms with Gasteiger partial charge in [-0.3, -0.25) is 4.79 Å². The van der Waals surface area contributed by atoms with Crippen molar-refractivity contribution in [3.05, 3.63) is 46.2 Å². The molecule has 25 heavy (non-hydrogen) atoms. The molecule has 0 amide bonds. The number of nitrogens with two attached hydrogens (primary N) is 1. The van der Waals surface area contributed by atoms with Gasteiger partial charge in [-0.05, 0) is 53.6 Å². The number of nitrogens with zero attached hydrogens (tertiary/aromatic N) is 4. The fourth-order valence-electron chi connectivity index (χ4n) is 3.01. The largest absolute Gasteiger partial charge is 0.383 e. The van der Waals surface area contributed by atoms with E-state index in [1.165, 1.54) is 0 Å². The molecule has 2 N–H and O–H groups in total. The van der Waals surface area contributed by atoms with Crippen LogP contribution < -0.4 is 10.6 Å². The second kappa shape index (κ2) is 7.93. The van der Waals surface area contributed by atoms with Crippen molar-refractivity contribution in [1.29, 1.82) is 0 Å². The summed E-state index contributed by atoms with van der Waals surface area (Å²) in [6.07, 6.45) is 2.67. The Bertz CT molecular complexity index is 767. The molecule has 3 rings (SSSR count). The average molecular weight is 404 g/mol. The van der Waals surface area contributed by atoms with Crippen molar-refractivity contribution in [2.24, 2.45) is 0 Å². The SMILES string of the molecule is CCN1CCCN(c2cccc(C(=O)c3cc(Br)cnc3N)n2)CC1. The lowest BCUT2D eigenvalue weighted by atomic mass is 10.1. The van der Waals surface area contributed by atoms with E-state index in [-0.39, 0.29) is 11.6 Å². The van der Waals surface area contributed by atoms with Crippen LogP contribution in [0, 0.1) is 0 Å². The number of pyridine rings is 2. The topological polar surface area (TPSA) is 75.3 Å². The molecule has 2 aromatic rings. The van der Waals surface area contributed by atoms with Gasteiger partial charge in [0.2, 0.25) is 5.78 Å². The maximum Gasteiger partial charge on any atom is 0.215 e. The van der Waals surface area contributed by atoms with E-state index < -0.39 is 0 Å². The molecule has 1 aliphatic rings. The maximum absolute atomic E-state index is 12.8. The molecule has 3 heterocycles. The van der Waals surface area contributed by atoms with Gasteiger partial charge in [-0.25, -0.2) is 9.97 Å². The Morgan fingerprint density at radius 2 is 2.12 bits per heavy atom. The zero-order valence-corrected chi connectivity index (χ0v) is 15.9. The first-order valence-electron chi connectivity index (χ1n) is 8.48. The van der Waals surface area contributed by atoms with Crippen molar-refractivity contribution < 1.29 is 4.79 Å². The Kier molecular flexibility index (Phi) is 5.65. The minimum atomic E-state index is -0.210. The smallest absolute Gasteiger partial charge is 0.215 e. The van der Waals surface area contributed by atoms with Gasteiger partial charge >= 0.3 is 0 Å². The van der Waals surface area contributed by atoms with E-state index in [4.69, 9.17) is 5.73 Å². The first-order chi connectivity index (χ1) is 12.1. The molecule has 1 saturated heterocycles. The molecule has 0 saturated carbocycles. The number of aromatic nitrogens is 2. The molecule has 1 aliphatic heterocycles. The van der Waals surface area contributed by atoms with Gasteiger partial charge in [-0.15, -0.1) is 0 Å². The summed E-state index contributed by atoms with van der Waals surface area (Å²) in [6, 6.07) is 7.24. The van der Waals surface area contributed by atoms with E-state index in [0.29, 0.717) is 15.7 Å². The molecule has 0 aromatic carbocycles. The van der Waals surface area contributed by atoms with Gasteiger partial charge in [-0.1, -0.05) is 13.0 Å². The summed E-state index contributed by atoms with van der Waals surface area (Å²) < 4.78 is 0.716. The average Bonchev–Trinajstić information content (AvgIpc) is 2.89. The minimum Gasteiger partial charge on any atom is -0.383 e. The quantitative estimate of drug-likeness (QED) is 0.790. The number of halogens is 1. The number of hydrogen-bond donors (Lipinski definition) is 1. The van der Waals surface area contributed by atoms with Gasteiger partial charge in [0, 0.05) is 30.3 Å². The number of nitrogen functional groups attached to an aromatic ring is 1. The fraction of sp³-hybridized carbons (Fsp3) is 0.389. The normalized spacial score (nSPS) is 15.8. The molecule has 0 bridgehead atoms. The van der Waals surface area contributed by atoms with Gasteiger partial charge < -0.3 is 15.5 Å². The van der Waals surface area contributed by atoms with Crippen molar-refractivity contribution in [1.82, 2.24) is 14.9 Å². The molecule has 6 nitrogen and oxygen atoms in total. The summed E-state index contributed by atoms with van der Waals surface area (Å²) in [7, 11) is 0. The van der Waals surface area contributed by atoms with Crippen LogP contribution in [0.15, 0.2) is 34.9 Å².